The maximum Gasteiger partial charge on any atom is 0.349 e. The third-order valence-electron chi connectivity index (χ3n) is 1.77. The number of carbonyl (C=O) groups excluding carboxylic acids is 1. The van der Waals surface area contributed by atoms with E-state index in [0.29, 0.717) is 11.1 Å². The largest absolute Gasteiger partial charge is 0.420 e. The highest BCUT2D eigenvalue weighted by molar-refractivity contribution is 5.94. The Kier molecular flexibility index (Phi) is 1.78. The van der Waals surface area contributed by atoms with Crippen molar-refractivity contribution in [1.82, 2.24) is 4.98 Å². The molecule has 0 aromatic carbocycles. The lowest BCUT2D eigenvalue weighted by Crippen LogP contribution is -2.20. The second-order valence-corrected chi connectivity index (χ2v) is 2.70. The summed E-state index contributed by atoms with van der Waals surface area (Å²) in [6, 6.07) is 4.55. The molecule has 0 bridgehead atoms. The highest BCUT2D eigenvalue weighted by atomic mass is 16.4. The van der Waals surface area contributed by atoms with Gasteiger partial charge in [0.15, 0.2) is 5.58 Å². The van der Waals surface area contributed by atoms with Gasteiger partial charge in [0, 0.05) is 6.20 Å². The summed E-state index contributed by atoms with van der Waals surface area (Å²) in [6.45, 7) is 0. The molecule has 70 valence electrons. The van der Waals surface area contributed by atoms with E-state index in [-0.39, 0.29) is 5.56 Å². The number of carbonyl (C=O) groups is 1. The molecule has 0 saturated heterocycles. The zero-order chi connectivity index (χ0) is 10.1. The molecule has 0 atom stereocenters. The minimum Gasteiger partial charge on any atom is -0.420 e. The monoisotopic (exact) mass is 190 g/mol. The Morgan fingerprint density at radius 1 is 1.50 bits per heavy atom. The molecule has 5 nitrogen and oxygen atoms in total. The van der Waals surface area contributed by atoms with E-state index in [4.69, 9.17) is 10.2 Å². The highest BCUT2D eigenvalue weighted by Crippen LogP contribution is 2.08. The van der Waals surface area contributed by atoms with Crippen LogP contribution in [0.15, 0.2) is 33.6 Å². The van der Waals surface area contributed by atoms with Crippen molar-refractivity contribution in [3.63, 3.8) is 0 Å². The van der Waals surface area contributed by atoms with E-state index in [2.05, 4.69) is 4.98 Å². The van der Waals surface area contributed by atoms with Crippen molar-refractivity contribution in [3.05, 3.63) is 40.4 Å². The Bertz CT molecular complexity index is 559. The van der Waals surface area contributed by atoms with Crippen LogP contribution in [0, 0.1) is 0 Å². The van der Waals surface area contributed by atoms with Crippen LogP contribution in [0.25, 0.3) is 11.1 Å². The van der Waals surface area contributed by atoms with Crippen LogP contribution in [0.5, 0.6) is 0 Å². The van der Waals surface area contributed by atoms with E-state index in [1.807, 2.05) is 0 Å². The zero-order valence-corrected chi connectivity index (χ0v) is 7.06. The minimum absolute atomic E-state index is 0.184. The van der Waals surface area contributed by atoms with E-state index in [9.17, 15) is 9.59 Å². The third-order valence-corrected chi connectivity index (χ3v) is 1.77. The second-order valence-electron chi connectivity index (χ2n) is 2.70. The summed E-state index contributed by atoms with van der Waals surface area (Å²) < 4.78 is 4.84. The maximum absolute atomic E-state index is 11.2. The molecule has 5 heteroatoms. The summed E-state index contributed by atoms with van der Waals surface area (Å²) in [6.07, 6.45) is 1.53. The number of amides is 1. The number of hydrogen-bond acceptors (Lipinski definition) is 4. The summed E-state index contributed by atoms with van der Waals surface area (Å²) >= 11 is 0. The van der Waals surface area contributed by atoms with Gasteiger partial charge in [-0.25, -0.2) is 4.79 Å². The topological polar surface area (TPSA) is 86.2 Å². The van der Waals surface area contributed by atoms with Gasteiger partial charge >= 0.3 is 5.63 Å². The number of fused-ring (bicyclic) bond motifs is 1. The summed E-state index contributed by atoms with van der Waals surface area (Å²) in [7, 11) is 0. The average Bonchev–Trinajstić information content (AvgIpc) is 2.16. The Morgan fingerprint density at radius 2 is 2.29 bits per heavy atom. The first kappa shape index (κ1) is 8.43. The van der Waals surface area contributed by atoms with E-state index >= 15 is 0 Å². The molecule has 0 unspecified atom stereocenters. The fourth-order valence-corrected chi connectivity index (χ4v) is 1.12. The molecule has 0 fully saturated rings. The second kappa shape index (κ2) is 2.95. The fourth-order valence-electron chi connectivity index (χ4n) is 1.12. The van der Waals surface area contributed by atoms with Crippen LogP contribution < -0.4 is 11.4 Å². The number of nitrogens with two attached hydrogens (primary N) is 1. The van der Waals surface area contributed by atoms with E-state index in [1.165, 1.54) is 12.3 Å². The van der Waals surface area contributed by atoms with E-state index < -0.39 is 11.5 Å². The Morgan fingerprint density at radius 3 is 3.00 bits per heavy atom. The molecule has 0 aliphatic heterocycles. The first-order valence-corrected chi connectivity index (χ1v) is 3.87. The van der Waals surface area contributed by atoms with Gasteiger partial charge in [0.1, 0.15) is 11.1 Å². The molecule has 0 aliphatic carbocycles. The Labute approximate surface area is 78.2 Å². The zero-order valence-electron chi connectivity index (χ0n) is 7.06. The Balaban J connectivity index is 2.84. The van der Waals surface area contributed by atoms with E-state index in [1.54, 1.807) is 12.1 Å². The molecule has 0 spiro atoms. The molecule has 0 saturated carbocycles. The van der Waals surface area contributed by atoms with Crippen molar-refractivity contribution in [1.29, 1.82) is 0 Å². The van der Waals surface area contributed by atoms with Crippen LogP contribution in [0.4, 0.5) is 0 Å². The van der Waals surface area contributed by atoms with Gasteiger partial charge in [0.2, 0.25) is 0 Å². The van der Waals surface area contributed by atoms with Crippen LogP contribution in [0.1, 0.15) is 10.4 Å². The van der Waals surface area contributed by atoms with Crippen LogP contribution in [0.3, 0.4) is 0 Å². The maximum atomic E-state index is 11.2. The molecule has 0 radical (unpaired) electrons. The summed E-state index contributed by atoms with van der Waals surface area (Å²) in [5.41, 5.74) is 4.82. The minimum atomic E-state index is -0.814. The van der Waals surface area contributed by atoms with Gasteiger partial charge in [-0.15, -0.1) is 0 Å². The molecule has 2 aromatic heterocycles. The SMILES string of the molecule is NC(=O)c1cc2ncccc2oc1=O. The number of primary amides is 1. The molecule has 2 rings (SSSR count). The lowest BCUT2D eigenvalue weighted by Gasteiger charge is -1.96. The quantitative estimate of drug-likeness (QED) is 0.700. The predicted octanol–water partition coefficient (Wildman–Crippen LogP) is 0.287. The number of hydrogen-bond donors (Lipinski definition) is 1. The van der Waals surface area contributed by atoms with Gasteiger partial charge in [-0.1, -0.05) is 0 Å². The summed E-state index contributed by atoms with van der Waals surface area (Å²) in [4.78, 5) is 25.9. The lowest BCUT2D eigenvalue weighted by atomic mass is 10.2. The van der Waals surface area contributed by atoms with Gasteiger partial charge in [-0.05, 0) is 18.2 Å². The van der Waals surface area contributed by atoms with Gasteiger partial charge in [0.25, 0.3) is 5.91 Å². The molecular formula is C9H6N2O3. The van der Waals surface area contributed by atoms with Gasteiger partial charge in [-0.2, -0.15) is 0 Å². The lowest BCUT2D eigenvalue weighted by molar-refractivity contribution is 0.0997. The van der Waals surface area contributed by atoms with Crippen molar-refractivity contribution in [2.75, 3.05) is 0 Å². The van der Waals surface area contributed by atoms with Crippen molar-refractivity contribution in [3.8, 4) is 0 Å². The summed E-state index contributed by atoms with van der Waals surface area (Å²) in [5.74, 6) is -0.814. The van der Waals surface area contributed by atoms with Crippen molar-refractivity contribution in [2.24, 2.45) is 5.73 Å². The molecule has 0 aliphatic rings. The average molecular weight is 190 g/mol. The van der Waals surface area contributed by atoms with Crippen molar-refractivity contribution < 1.29 is 9.21 Å². The third kappa shape index (κ3) is 1.24. The molecule has 2 aromatic rings. The number of nitrogens with zero attached hydrogens (tertiary/aromatic N) is 1. The van der Waals surface area contributed by atoms with Crippen LogP contribution in [0.2, 0.25) is 0 Å². The first-order chi connectivity index (χ1) is 6.68. The number of aromatic nitrogens is 1. The smallest absolute Gasteiger partial charge is 0.349 e. The fraction of sp³-hybridized carbons (Fsp3) is 0. The van der Waals surface area contributed by atoms with Gasteiger partial charge in [0.05, 0.1) is 0 Å². The van der Waals surface area contributed by atoms with Gasteiger partial charge in [-0.3, -0.25) is 9.78 Å². The molecular weight excluding hydrogens is 184 g/mol. The molecule has 1 amide bonds. The molecule has 2 N–H and O–H groups in total. The van der Waals surface area contributed by atoms with Crippen molar-refractivity contribution in [2.45, 2.75) is 0 Å². The van der Waals surface area contributed by atoms with Crippen LogP contribution in [-0.2, 0) is 0 Å². The number of pyridine rings is 1. The standard InChI is InChI=1S/C9H6N2O3/c10-8(12)5-4-6-7(14-9(5)13)2-1-3-11-6/h1-4H,(H2,10,12). The van der Waals surface area contributed by atoms with Gasteiger partial charge < -0.3 is 10.2 Å². The van der Waals surface area contributed by atoms with Crippen LogP contribution in [-0.4, -0.2) is 10.9 Å². The molecule has 2 heterocycles. The van der Waals surface area contributed by atoms with Crippen LogP contribution >= 0.6 is 0 Å². The first-order valence-electron chi connectivity index (χ1n) is 3.87. The molecule has 14 heavy (non-hydrogen) atoms. The predicted molar refractivity (Wildman–Crippen MR) is 48.8 cm³/mol. The van der Waals surface area contributed by atoms with Crippen molar-refractivity contribution >= 4 is 17.0 Å². The normalized spacial score (nSPS) is 10.3. The summed E-state index contributed by atoms with van der Waals surface area (Å²) in [5, 5.41) is 0. The Hall–Kier alpha value is -2.17. The highest BCUT2D eigenvalue weighted by Gasteiger charge is 2.09. The number of rotatable bonds is 1. The van der Waals surface area contributed by atoms with E-state index in [0.717, 1.165) is 0 Å².